The number of benzene rings is 2. The molecule has 0 saturated carbocycles. The standard InChI is InChI=1S/C16H11Cl2N3S/c1-10-4-2-3-5-13(10)15-20-21-16(22-15)19-9-11-6-7-12(17)8-14(11)18/h2-9H,1H3/b19-9+. The zero-order valence-electron chi connectivity index (χ0n) is 11.6. The van der Waals surface area contributed by atoms with E-state index >= 15 is 0 Å². The lowest BCUT2D eigenvalue weighted by atomic mass is 10.1. The van der Waals surface area contributed by atoms with Crippen LogP contribution in [0.15, 0.2) is 47.5 Å². The largest absolute Gasteiger partial charge is 0.231 e. The summed E-state index contributed by atoms with van der Waals surface area (Å²) in [4.78, 5) is 4.34. The molecule has 2 aromatic carbocycles. The molecule has 0 aliphatic heterocycles. The van der Waals surface area contributed by atoms with Gasteiger partial charge >= 0.3 is 0 Å². The zero-order chi connectivity index (χ0) is 15.5. The summed E-state index contributed by atoms with van der Waals surface area (Å²) >= 11 is 13.4. The Kier molecular flexibility index (Phi) is 4.52. The molecule has 3 aromatic rings. The number of aliphatic imine (C=N–C) groups is 1. The highest BCUT2D eigenvalue weighted by atomic mass is 35.5. The Labute approximate surface area is 142 Å². The highest BCUT2D eigenvalue weighted by molar-refractivity contribution is 7.18. The lowest BCUT2D eigenvalue weighted by Gasteiger charge is -1.98. The predicted molar refractivity (Wildman–Crippen MR) is 93.8 cm³/mol. The molecule has 0 amide bonds. The van der Waals surface area contributed by atoms with E-state index in [0.717, 1.165) is 21.7 Å². The van der Waals surface area contributed by atoms with Crippen LogP contribution < -0.4 is 0 Å². The molecule has 0 aliphatic rings. The molecule has 0 spiro atoms. The quantitative estimate of drug-likeness (QED) is 0.580. The van der Waals surface area contributed by atoms with Gasteiger partial charge in [0.2, 0.25) is 5.13 Å². The van der Waals surface area contributed by atoms with Gasteiger partial charge in [0.25, 0.3) is 0 Å². The lowest BCUT2D eigenvalue weighted by Crippen LogP contribution is -1.82. The molecule has 0 saturated heterocycles. The zero-order valence-corrected chi connectivity index (χ0v) is 14.0. The Bertz CT molecular complexity index is 843. The third kappa shape index (κ3) is 3.35. The fourth-order valence-electron chi connectivity index (χ4n) is 1.92. The molecule has 0 N–H and O–H groups in total. The molecule has 6 heteroatoms. The third-order valence-corrected chi connectivity index (χ3v) is 4.49. The van der Waals surface area contributed by atoms with Crippen LogP contribution in [-0.4, -0.2) is 16.4 Å². The van der Waals surface area contributed by atoms with E-state index in [-0.39, 0.29) is 0 Å². The average Bonchev–Trinajstić information content (AvgIpc) is 2.95. The summed E-state index contributed by atoms with van der Waals surface area (Å²) < 4.78 is 0. The van der Waals surface area contributed by atoms with Gasteiger partial charge < -0.3 is 0 Å². The van der Waals surface area contributed by atoms with E-state index in [1.54, 1.807) is 18.3 Å². The van der Waals surface area contributed by atoms with Crippen molar-refractivity contribution in [3.63, 3.8) is 0 Å². The molecule has 0 atom stereocenters. The van der Waals surface area contributed by atoms with E-state index in [9.17, 15) is 0 Å². The van der Waals surface area contributed by atoms with Crippen molar-refractivity contribution < 1.29 is 0 Å². The number of halogens is 2. The first-order valence-electron chi connectivity index (χ1n) is 6.52. The molecule has 0 fully saturated rings. The van der Waals surface area contributed by atoms with Gasteiger partial charge in [-0.3, -0.25) is 0 Å². The number of rotatable bonds is 3. The monoisotopic (exact) mass is 347 g/mol. The number of hydrogen-bond acceptors (Lipinski definition) is 4. The van der Waals surface area contributed by atoms with Gasteiger partial charge in [0.05, 0.1) is 5.02 Å². The molecule has 0 bridgehead atoms. The minimum absolute atomic E-state index is 0.555. The van der Waals surface area contributed by atoms with Gasteiger partial charge in [-0.15, -0.1) is 10.2 Å². The Balaban J connectivity index is 1.85. The van der Waals surface area contributed by atoms with E-state index in [1.165, 1.54) is 11.3 Å². The first-order valence-corrected chi connectivity index (χ1v) is 8.09. The minimum Gasteiger partial charge on any atom is -0.226 e. The second kappa shape index (κ2) is 6.57. The lowest BCUT2D eigenvalue weighted by molar-refractivity contribution is 1.09. The minimum atomic E-state index is 0.555. The van der Waals surface area contributed by atoms with E-state index in [1.807, 2.05) is 37.3 Å². The van der Waals surface area contributed by atoms with Crippen LogP contribution in [0.2, 0.25) is 10.0 Å². The van der Waals surface area contributed by atoms with Crippen LogP contribution in [-0.2, 0) is 0 Å². The maximum absolute atomic E-state index is 6.11. The van der Waals surface area contributed by atoms with Crippen LogP contribution in [0.5, 0.6) is 0 Å². The highest BCUT2D eigenvalue weighted by Gasteiger charge is 2.07. The molecular weight excluding hydrogens is 337 g/mol. The SMILES string of the molecule is Cc1ccccc1-c1nnc(/N=C/c2ccc(Cl)cc2Cl)s1. The molecule has 3 rings (SSSR count). The summed E-state index contributed by atoms with van der Waals surface area (Å²) in [7, 11) is 0. The molecule has 3 nitrogen and oxygen atoms in total. The van der Waals surface area contributed by atoms with E-state index < -0.39 is 0 Å². The first kappa shape index (κ1) is 15.2. The van der Waals surface area contributed by atoms with Crippen LogP contribution in [0.1, 0.15) is 11.1 Å². The molecule has 1 aromatic heterocycles. The fraction of sp³-hybridized carbons (Fsp3) is 0.0625. The van der Waals surface area contributed by atoms with Crippen molar-refractivity contribution in [2.24, 2.45) is 4.99 Å². The van der Waals surface area contributed by atoms with Crippen LogP contribution in [0.3, 0.4) is 0 Å². The van der Waals surface area contributed by atoms with Crippen molar-refractivity contribution in [3.05, 3.63) is 63.6 Å². The Morgan fingerprint density at radius 1 is 1.09 bits per heavy atom. The van der Waals surface area contributed by atoms with E-state index in [4.69, 9.17) is 23.2 Å². The molecule has 0 aliphatic carbocycles. The molecule has 22 heavy (non-hydrogen) atoms. The highest BCUT2D eigenvalue weighted by Crippen LogP contribution is 2.30. The van der Waals surface area contributed by atoms with Crippen molar-refractivity contribution in [1.29, 1.82) is 0 Å². The average molecular weight is 348 g/mol. The maximum Gasteiger partial charge on any atom is 0.231 e. The molecule has 0 unspecified atom stereocenters. The maximum atomic E-state index is 6.11. The second-order valence-electron chi connectivity index (χ2n) is 4.63. The van der Waals surface area contributed by atoms with Crippen LogP contribution >= 0.6 is 34.5 Å². The fourth-order valence-corrected chi connectivity index (χ4v) is 3.16. The van der Waals surface area contributed by atoms with Gasteiger partial charge in [-0.2, -0.15) is 0 Å². The molecule has 0 radical (unpaired) electrons. The third-order valence-electron chi connectivity index (χ3n) is 3.07. The van der Waals surface area contributed by atoms with Crippen LogP contribution in [0.4, 0.5) is 5.13 Å². The van der Waals surface area contributed by atoms with Crippen LogP contribution in [0.25, 0.3) is 10.6 Å². The van der Waals surface area contributed by atoms with Gasteiger partial charge in [0.1, 0.15) is 5.01 Å². The van der Waals surface area contributed by atoms with Crippen molar-refractivity contribution in [3.8, 4) is 10.6 Å². The molecule has 1 heterocycles. The number of aryl methyl sites for hydroxylation is 1. The predicted octanol–water partition coefficient (Wildman–Crippen LogP) is 5.57. The normalized spacial score (nSPS) is 11.2. The Morgan fingerprint density at radius 3 is 2.68 bits per heavy atom. The van der Waals surface area contributed by atoms with Gasteiger partial charge in [-0.1, -0.05) is 64.9 Å². The van der Waals surface area contributed by atoms with Gasteiger partial charge in [-0.25, -0.2) is 4.99 Å². The topological polar surface area (TPSA) is 38.1 Å². The van der Waals surface area contributed by atoms with E-state index in [2.05, 4.69) is 15.2 Å². The summed E-state index contributed by atoms with van der Waals surface area (Å²) in [5, 5.41) is 10.9. The summed E-state index contributed by atoms with van der Waals surface area (Å²) in [6.45, 7) is 2.05. The smallest absolute Gasteiger partial charge is 0.226 e. The summed E-state index contributed by atoms with van der Waals surface area (Å²) in [5.41, 5.74) is 3.03. The molecular formula is C16H11Cl2N3S. The van der Waals surface area contributed by atoms with E-state index in [0.29, 0.717) is 15.2 Å². The second-order valence-corrected chi connectivity index (χ2v) is 6.43. The van der Waals surface area contributed by atoms with Crippen molar-refractivity contribution >= 4 is 45.9 Å². The Hall–Kier alpha value is -1.75. The summed E-state index contributed by atoms with van der Waals surface area (Å²) in [6.07, 6.45) is 1.67. The number of nitrogens with zero attached hydrogens (tertiary/aromatic N) is 3. The van der Waals surface area contributed by atoms with Gasteiger partial charge in [0, 0.05) is 22.4 Å². The number of aromatic nitrogens is 2. The summed E-state index contributed by atoms with van der Waals surface area (Å²) in [6, 6.07) is 13.3. The number of hydrogen-bond donors (Lipinski definition) is 0. The van der Waals surface area contributed by atoms with Crippen molar-refractivity contribution in [1.82, 2.24) is 10.2 Å². The molecule has 110 valence electrons. The van der Waals surface area contributed by atoms with Crippen molar-refractivity contribution in [2.45, 2.75) is 6.92 Å². The van der Waals surface area contributed by atoms with Crippen LogP contribution in [0, 0.1) is 6.92 Å². The summed E-state index contributed by atoms with van der Waals surface area (Å²) in [5.74, 6) is 0. The van der Waals surface area contributed by atoms with Gasteiger partial charge in [-0.05, 0) is 24.6 Å². The van der Waals surface area contributed by atoms with Crippen molar-refractivity contribution in [2.75, 3.05) is 0 Å². The first-order chi connectivity index (χ1) is 10.6. The van der Waals surface area contributed by atoms with Gasteiger partial charge in [0.15, 0.2) is 0 Å². The Morgan fingerprint density at radius 2 is 1.91 bits per heavy atom.